The lowest BCUT2D eigenvalue weighted by molar-refractivity contribution is -0.217. The maximum absolute atomic E-state index is 13.9. The lowest BCUT2D eigenvalue weighted by Gasteiger charge is -2.61. The first kappa shape index (κ1) is 25.4. The van der Waals surface area contributed by atoms with Crippen LogP contribution in [0.4, 0.5) is 13.2 Å². The van der Waals surface area contributed by atoms with E-state index in [0.29, 0.717) is 12.6 Å². The molecule has 1 atom stereocenters. The molecule has 3 aliphatic rings. The van der Waals surface area contributed by atoms with Crippen LogP contribution in [-0.2, 0) is 19.5 Å². The zero-order valence-electron chi connectivity index (χ0n) is 22.3. The molecule has 1 saturated carbocycles. The van der Waals surface area contributed by atoms with Gasteiger partial charge in [-0.2, -0.15) is 5.10 Å². The molecule has 2 aromatic carbocycles. The second-order valence-electron chi connectivity index (χ2n) is 12.2. The summed E-state index contributed by atoms with van der Waals surface area (Å²) in [4.78, 5) is 7.92. The van der Waals surface area contributed by atoms with Crippen LogP contribution in [0.5, 0.6) is 0 Å². The summed E-state index contributed by atoms with van der Waals surface area (Å²) in [5.41, 5.74) is 4.67. The number of benzene rings is 2. The minimum atomic E-state index is -2.44. The number of aromatic amines is 2. The molecular formula is C30H36F3N5. The van der Waals surface area contributed by atoms with Gasteiger partial charge in [0.05, 0.1) is 11.7 Å². The highest BCUT2D eigenvalue weighted by Crippen LogP contribution is 2.55. The van der Waals surface area contributed by atoms with E-state index in [4.69, 9.17) is 0 Å². The van der Waals surface area contributed by atoms with Gasteiger partial charge < -0.3 is 4.98 Å². The molecule has 1 unspecified atom stereocenters. The lowest BCUT2D eigenvalue weighted by Crippen LogP contribution is -2.69. The number of nitrogens with one attached hydrogen (secondary N) is 2. The first-order valence-corrected chi connectivity index (χ1v) is 13.6. The first-order chi connectivity index (χ1) is 18.0. The second-order valence-corrected chi connectivity index (χ2v) is 12.2. The van der Waals surface area contributed by atoms with Crippen molar-refractivity contribution in [2.45, 2.75) is 82.7 Å². The van der Waals surface area contributed by atoms with E-state index in [2.05, 4.69) is 68.3 Å². The van der Waals surface area contributed by atoms with Crippen LogP contribution in [0.2, 0.25) is 0 Å². The van der Waals surface area contributed by atoms with E-state index in [1.54, 1.807) is 20.0 Å². The molecule has 0 bridgehead atoms. The van der Waals surface area contributed by atoms with Gasteiger partial charge in [-0.05, 0) is 56.9 Å². The highest BCUT2D eigenvalue weighted by molar-refractivity contribution is 5.85. The Labute approximate surface area is 221 Å². The van der Waals surface area contributed by atoms with Crippen molar-refractivity contribution in [3.05, 3.63) is 65.5 Å². The van der Waals surface area contributed by atoms with E-state index in [9.17, 15) is 13.2 Å². The molecular weight excluding hydrogens is 487 g/mol. The Balaban J connectivity index is 0.000000139. The van der Waals surface area contributed by atoms with Gasteiger partial charge in [0, 0.05) is 72.6 Å². The third-order valence-corrected chi connectivity index (χ3v) is 8.54. The normalized spacial score (nSPS) is 22.5. The molecule has 2 aliphatic heterocycles. The third-order valence-electron chi connectivity index (χ3n) is 8.54. The molecule has 5 nitrogen and oxygen atoms in total. The van der Waals surface area contributed by atoms with Crippen molar-refractivity contribution in [2.75, 3.05) is 13.1 Å². The smallest absolute Gasteiger partial charge is 0.251 e. The summed E-state index contributed by atoms with van der Waals surface area (Å²) < 4.78 is 40.1. The van der Waals surface area contributed by atoms with E-state index in [-0.39, 0.29) is 18.4 Å². The molecule has 1 saturated heterocycles. The number of para-hydroxylation sites is 1. The Morgan fingerprint density at radius 2 is 1.89 bits per heavy atom. The zero-order valence-corrected chi connectivity index (χ0v) is 22.3. The van der Waals surface area contributed by atoms with Crippen molar-refractivity contribution in [3.8, 4) is 0 Å². The Morgan fingerprint density at radius 3 is 2.61 bits per heavy atom. The number of likely N-dealkylation sites (tertiary alicyclic amines) is 1. The SMILES string of the molecule is CC1Cc2c([nH]c3ccccc23)CN1CC(C)(C)F.FC1(F)CC2(CCN2Cc2ccc3cn[nH]c3c2)C1. The Morgan fingerprint density at radius 1 is 1.11 bits per heavy atom. The molecule has 202 valence electrons. The summed E-state index contributed by atoms with van der Waals surface area (Å²) >= 11 is 0. The highest BCUT2D eigenvalue weighted by Gasteiger charge is 2.62. The van der Waals surface area contributed by atoms with Gasteiger partial charge in [-0.15, -0.1) is 0 Å². The molecule has 2 N–H and O–H groups in total. The molecule has 2 fully saturated rings. The highest BCUT2D eigenvalue weighted by atomic mass is 19.3. The maximum atomic E-state index is 13.9. The minimum Gasteiger partial charge on any atom is -0.357 e. The van der Waals surface area contributed by atoms with Crippen LogP contribution in [-0.4, -0.2) is 61.2 Å². The van der Waals surface area contributed by atoms with Crippen LogP contribution < -0.4 is 0 Å². The standard InChI is InChI=1S/C16H21FN2.C14H15F2N3/c1-11-8-13-12-6-4-5-7-14(12)18-15(13)9-19(11)10-16(2,3)17;15-14(16)8-13(9-14)3-4-19(13)7-10-1-2-11-6-17-18-12(11)5-10/h4-7,11,18H,8-10H2,1-3H3;1-2,5-6H,3-4,7-9H2,(H,17,18). The van der Waals surface area contributed by atoms with Gasteiger partial charge in [-0.3, -0.25) is 14.9 Å². The molecule has 0 radical (unpaired) electrons. The van der Waals surface area contributed by atoms with Gasteiger partial charge in [-0.25, -0.2) is 13.2 Å². The average molecular weight is 524 g/mol. The minimum absolute atomic E-state index is 0.0340. The Bertz CT molecular complexity index is 1440. The van der Waals surface area contributed by atoms with Crippen LogP contribution in [0.15, 0.2) is 48.7 Å². The number of nitrogens with zero attached hydrogens (tertiary/aromatic N) is 3. The van der Waals surface area contributed by atoms with Crippen molar-refractivity contribution in [3.63, 3.8) is 0 Å². The predicted molar refractivity (Wildman–Crippen MR) is 145 cm³/mol. The monoisotopic (exact) mass is 523 g/mol. The summed E-state index contributed by atoms with van der Waals surface area (Å²) in [6.45, 7) is 8.49. The van der Waals surface area contributed by atoms with Crippen LogP contribution in [0.1, 0.15) is 56.9 Å². The van der Waals surface area contributed by atoms with Crippen molar-refractivity contribution < 1.29 is 13.2 Å². The van der Waals surface area contributed by atoms with Crippen molar-refractivity contribution in [1.82, 2.24) is 25.0 Å². The van der Waals surface area contributed by atoms with Crippen LogP contribution in [0, 0.1) is 0 Å². The fraction of sp³-hybridized carbons (Fsp3) is 0.500. The lowest BCUT2D eigenvalue weighted by atomic mass is 9.65. The maximum Gasteiger partial charge on any atom is 0.251 e. The molecule has 7 rings (SSSR count). The van der Waals surface area contributed by atoms with Gasteiger partial charge in [0.15, 0.2) is 0 Å². The van der Waals surface area contributed by atoms with E-state index in [1.165, 1.54) is 22.2 Å². The predicted octanol–water partition coefficient (Wildman–Crippen LogP) is 6.60. The Kier molecular flexibility index (Phi) is 6.11. The quantitative estimate of drug-likeness (QED) is 0.317. The van der Waals surface area contributed by atoms with Crippen molar-refractivity contribution >= 4 is 21.8 Å². The first-order valence-electron chi connectivity index (χ1n) is 13.6. The van der Waals surface area contributed by atoms with Crippen LogP contribution in [0.3, 0.4) is 0 Å². The fourth-order valence-electron chi connectivity index (χ4n) is 6.55. The van der Waals surface area contributed by atoms with Gasteiger partial charge in [0.1, 0.15) is 5.67 Å². The molecule has 4 heterocycles. The largest absolute Gasteiger partial charge is 0.357 e. The third kappa shape index (κ3) is 4.84. The zero-order chi connectivity index (χ0) is 26.7. The van der Waals surface area contributed by atoms with Crippen molar-refractivity contribution in [1.29, 1.82) is 0 Å². The summed E-state index contributed by atoms with van der Waals surface area (Å²) in [5.74, 6) is -2.44. The number of hydrogen-bond acceptors (Lipinski definition) is 3. The molecule has 0 amide bonds. The van der Waals surface area contributed by atoms with E-state index in [1.807, 2.05) is 6.07 Å². The fourth-order valence-corrected chi connectivity index (χ4v) is 6.55. The Hall–Kier alpha value is -2.84. The molecule has 1 spiro atoms. The number of alkyl halides is 3. The molecule has 4 aromatic rings. The summed E-state index contributed by atoms with van der Waals surface area (Å²) in [6, 6.07) is 15.0. The molecule has 8 heteroatoms. The van der Waals surface area contributed by atoms with Crippen LogP contribution >= 0.6 is 0 Å². The van der Waals surface area contributed by atoms with Gasteiger partial charge in [0.25, 0.3) is 5.92 Å². The van der Waals surface area contributed by atoms with Crippen LogP contribution in [0.25, 0.3) is 21.8 Å². The second kappa shape index (κ2) is 9.12. The van der Waals surface area contributed by atoms with E-state index < -0.39 is 11.6 Å². The summed E-state index contributed by atoms with van der Waals surface area (Å²) in [5, 5.41) is 9.34. The summed E-state index contributed by atoms with van der Waals surface area (Å²) in [7, 11) is 0. The molecule has 38 heavy (non-hydrogen) atoms. The topological polar surface area (TPSA) is 51.0 Å². The number of H-pyrrole nitrogens is 2. The number of rotatable bonds is 4. The number of aromatic nitrogens is 3. The van der Waals surface area contributed by atoms with E-state index in [0.717, 1.165) is 48.9 Å². The number of fused-ring (bicyclic) bond motifs is 4. The van der Waals surface area contributed by atoms with Gasteiger partial charge in [0.2, 0.25) is 0 Å². The number of halogens is 3. The van der Waals surface area contributed by atoms with Gasteiger partial charge >= 0.3 is 0 Å². The average Bonchev–Trinajstić information content (AvgIpc) is 3.44. The molecule has 2 aromatic heterocycles. The number of hydrogen-bond donors (Lipinski definition) is 2. The molecule has 1 aliphatic carbocycles. The van der Waals surface area contributed by atoms with Gasteiger partial charge in [-0.1, -0.05) is 30.3 Å². The summed E-state index contributed by atoms with van der Waals surface area (Å²) in [6.07, 6.45) is 3.76. The van der Waals surface area contributed by atoms with Crippen molar-refractivity contribution in [2.24, 2.45) is 0 Å². The van der Waals surface area contributed by atoms with E-state index >= 15 is 0 Å².